The van der Waals surface area contributed by atoms with Gasteiger partial charge in [0.15, 0.2) is 4.96 Å². The van der Waals surface area contributed by atoms with Crippen molar-refractivity contribution in [3.05, 3.63) is 82.1 Å². The number of aromatic hydroxyl groups is 1. The second kappa shape index (κ2) is 7.93. The first kappa shape index (κ1) is 18.8. The van der Waals surface area contributed by atoms with E-state index in [1.54, 1.807) is 16.5 Å². The SMILES string of the molecule is O=c1cc(CN2CCN(c3ccccc3O)CC2)nc2scc(-c3ccccc3)n12. The van der Waals surface area contributed by atoms with Crippen LogP contribution >= 0.6 is 11.3 Å². The van der Waals surface area contributed by atoms with Crippen molar-refractivity contribution in [2.75, 3.05) is 31.1 Å². The van der Waals surface area contributed by atoms with Gasteiger partial charge in [0, 0.05) is 44.2 Å². The van der Waals surface area contributed by atoms with Gasteiger partial charge in [0.2, 0.25) is 0 Å². The molecule has 2 aromatic carbocycles. The Labute approximate surface area is 178 Å². The molecule has 6 nitrogen and oxygen atoms in total. The van der Waals surface area contributed by atoms with Gasteiger partial charge in [-0.05, 0) is 17.7 Å². The third-order valence-electron chi connectivity index (χ3n) is 5.51. The van der Waals surface area contributed by atoms with Gasteiger partial charge in [0.25, 0.3) is 5.56 Å². The van der Waals surface area contributed by atoms with E-state index in [4.69, 9.17) is 4.98 Å². The van der Waals surface area contributed by atoms with Gasteiger partial charge >= 0.3 is 0 Å². The predicted molar refractivity (Wildman–Crippen MR) is 120 cm³/mol. The number of para-hydroxylation sites is 2. The molecule has 0 bridgehead atoms. The van der Waals surface area contributed by atoms with Gasteiger partial charge < -0.3 is 10.0 Å². The third kappa shape index (κ3) is 3.58. The van der Waals surface area contributed by atoms with Crippen molar-refractivity contribution in [1.82, 2.24) is 14.3 Å². The summed E-state index contributed by atoms with van der Waals surface area (Å²) in [5.41, 5.74) is 3.54. The largest absolute Gasteiger partial charge is 0.506 e. The maximum atomic E-state index is 12.8. The summed E-state index contributed by atoms with van der Waals surface area (Å²) in [6.45, 7) is 4.02. The lowest BCUT2D eigenvalue weighted by molar-refractivity contribution is 0.246. The summed E-state index contributed by atoms with van der Waals surface area (Å²) >= 11 is 1.50. The van der Waals surface area contributed by atoms with Crippen LogP contribution in [0.1, 0.15) is 5.69 Å². The van der Waals surface area contributed by atoms with E-state index in [-0.39, 0.29) is 5.56 Å². The lowest BCUT2D eigenvalue weighted by Crippen LogP contribution is -2.46. The first-order chi connectivity index (χ1) is 14.7. The second-order valence-electron chi connectivity index (χ2n) is 7.44. The van der Waals surface area contributed by atoms with Crippen molar-refractivity contribution in [3.8, 4) is 17.0 Å². The monoisotopic (exact) mass is 418 g/mol. The van der Waals surface area contributed by atoms with Crippen molar-refractivity contribution < 1.29 is 5.11 Å². The molecule has 1 N–H and O–H groups in total. The van der Waals surface area contributed by atoms with Crippen LogP contribution < -0.4 is 10.5 Å². The Morgan fingerprint density at radius 2 is 1.70 bits per heavy atom. The standard InChI is InChI=1S/C23H22N4O2S/c28-21-9-5-4-8-19(21)26-12-10-25(11-13-26)15-18-14-22(29)27-20(16-30-23(27)24-18)17-6-2-1-3-7-17/h1-9,14,16,28H,10-13,15H2. The van der Waals surface area contributed by atoms with E-state index in [9.17, 15) is 9.90 Å². The second-order valence-corrected chi connectivity index (χ2v) is 8.28. The van der Waals surface area contributed by atoms with Crippen molar-refractivity contribution in [2.24, 2.45) is 0 Å². The topological polar surface area (TPSA) is 61.1 Å². The highest BCUT2D eigenvalue weighted by Crippen LogP contribution is 2.27. The summed E-state index contributed by atoms with van der Waals surface area (Å²) in [5.74, 6) is 0.318. The molecule has 1 fully saturated rings. The first-order valence-corrected chi connectivity index (χ1v) is 10.9. The van der Waals surface area contributed by atoms with Crippen LogP contribution in [-0.4, -0.2) is 45.6 Å². The molecule has 30 heavy (non-hydrogen) atoms. The highest BCUT2D eigenvalue weighted by atomic mass is 32.1. The Hall–Kier alpha value is -3.16. The number of phenolic OH excluding ortho intramolecular Hbond substituents is 1. The van der Waals surface area contributed by atoms with Crippen LogP contribution in [0.2, 0.25) is 0 Å². The molecule has 0 unspecified atom stereocenters. The first-order valence-electron chi connectivity index (χ1n) is 10.00. The minimum Gasteiger partial charge on any atom is -0.506 e. The number of aromatic nitrogens is 2. The lowest BCUT2D eigenvalue weighted by Gasteiger charge is -2.36. The summed E-state index contributed by atoms with van der Waals surface area (Å²) < 4.78 is 1.69. The van der Waals surface area contributed by atoms with Crippen LogP contribution in [0.25, 0.3) is 16.2 Å². The van der Waals surface area contributed by atoms with Gasteiger partial charge in [0.05, 0.1) is 17.1 Å². The van der Waals surface area contributed by atoms with E-state index < -0.39 is 0 Å². The smallest absolute Gasteiger partial charge is 0.259 e. The number of rotatable bonds is 4. The number of anilines is 1. The maximum Gasteiger partial charge on any atom is 0.259 e. The number of hydrogen-bond acceptors (Lipinski definition) is 6. The molecule has 0 aliphatic carbocycles. The number of thiazole rings is 1. The normalized spacial score (nSPS) is 15.0. The highest BCUT2D eigenvalue weighted by molar-refractivity contribution is 7.15. The van der Waals surface area contributed by atoms with Crippen molar-refractivity contribution in [2.45, 2.75) is 6.54 Å². The van der Waals surface area contributed by atoms with Crippen LogP contribution in [0.5, 0.6) is 5.75 Å². The summed E-state index contributed by atoms with van der Waals surface area (Å²) in [7, 11) is 0. The molecule has 3 heterocycles. The van der Waals surface area contributed by atoms with Crippen molar-refractivity contribution >= 4 is 22.0 Å². The lowest BCUT2D eigenvalue weighted by atomic mass is 10.2. The van der Waals surface area contributed by atoms with E-state index in [1.165, 1.54) is 11.3 Å². The molecule has 152 valence electrons. The van der Waals surface area contributed by atoms with Crippen LogP contribution in [-0.2, 0) is 6.54 Å². The quantitative estimate of drug-likeness (QED) is 0.550. The molecule has 4 aromatic rings. The van der Waals surface area contributed by atoms with Crippen LogP contribution in [0.4, 0.5) is 5.69 Å². The van der Waals surface area contributed by atoms with Crippen molar-refractivity contribution in [3.63, 3.8) is 0 Å². The van der Waals surface area contributed by atoms with E-state index in [0.717, 1.165) is 53.8 Å². The van der Waals surface area contributed by atoms with Crippen LogP contribution in [0, 0.1) is 0 Å². The van der Waals surface area contributed by atoms with E-state index in [0.29, 0.717) is 12.3 Å². The number of nitrogens with zero attached hydrogens (tertiary/aromatic N) is 4. The minimum absolute atomic E-state index is 0.0389. The maximum absolute atomic E-state index is 12.8. The number of fused-ring (bicyclic) bond motifs is 1. The molecular weight excluding hydrogens is 396 g/mol. The Kier molecular flexibility index (Phi) is 4.98. The third-order valence-corrected chi connectivity index (χ3v) is 6.33. The molecule has 0 radical (unpaired) electrons. The Morgan fingerprint density at radius 3 is 2.47 bits per heavy atom. The van der Waals surface area contributed by atoms with Gasteiger partial charge in [-0.3, -0.25) is 14.1 Å². The molecule has 5 rings (SSSR count). The van der Waals surface area contributed by atoms with Crippen LogP contribution in [0.15, 0.2) is 70.8 Å². The molecule has 0 saturated carbocycles. The average molecular weight is 419 g/mol. The Morgan fingerprint density at radius 1 is 0.967 bits per heavy atom. The zero-order valence-electron chi connectivity index (χ0n) is 16.4. The number of piperazine rings is 1. The Bertz CT molecular complexity index is 1230. The number of hydrogen-bond donors (Lipinski definition) is 1. The Balaban J connectivity index is 1.32. The van der Waals surface area contributed by atoms with E-state index >= 15 is 0 Å². The van der Waals surface area contributed by atoms with Crippen LogP contribution in [0.3, 0.4) is 0 Å². The molecule has 7 heteroatoms. The van der Waals surface area contributed by atoms with Gasteiger partial charge in [-0.15, -0.1) is 11.3 Å². The average Bonchev–Trinajstić information content (AvgIpc) is 3.20. The summed E-state index contributed by atoms with van der Waals surface area (Å²) in [5, 5.41) is 12.1. The molecule has 0 spiro atoms. The van der Waals surface area contributed by atoms with Gasteiger partial charge in [-0.25, -0.2) is 4.98 Å². The molecule has 0 amide bonds. The fourth-order valence-corrected chi connectivity index (χ4v) is 4.89. The van der Waals surface area contributed by atoms with E-state index in [2.05, 4.69) is 9.80 Å². The molecule has 1 aliphatic heterocycles. The van der Waals surface area contributed by atoms with Gasteiger partial charge in [-0.1, -0.05) is 42.5 Å². The molecule has 0 atom stereocenters. The zero-order valence-corrected chi connectivity index (χ0v) is 17.3. The summed E-state index contributed by atoms with van der Waals surface area (Å²) in [6.07, 6.45) is 0. The van der Waals surface area contributed by atoms with Gasteiger partial charge in [-0.2, -0.15) is 0 Å². The zero-order chi connectivity index (χ0) is 20.5. The molecule has 1 saturated heterocycles. The highest BCUT2D eigenvalue weighted by Gasteiger charge is 2.20. The van der Waals surface area contributed by atoms with Gasteiger partial charge in [0.1, 0.15) is 5.75 Å². The molecular formula is C23H22N4O2S. The van der Waals surface area contributed by atoms with Crippen molar-refractivity contribution in [1.29, 1.82) is 0 Å². The predicted octanol–water partition coefficient (Wildman–Crippen LogP) is 3.45. The number of phenols is 1. The molecule has 2 aromatic heterocycles. The summed E-state index contributed by atoms with van der Waals surface area (Å²) in [6, 6.07) is 19.0. The minimum atomic E-state index is -0.0389. The fourth-order valence-electron chi connectivity index (χ4n) is 3.96. The number of benzene rings is 2. The van der Waals surface area contributed by atoms with E-state index in [1.807, 2.05) is 53.9 Å². The summed E-state index contributed by atoms with van der Waals surface area (Å²) in [4.78, 5) is 22.8. The molecule has 1 aliphatic rings. The fraction of sp³-hybridized carbons (Fsp3) is 0.217.